The van der Waals surface area contributed by atoms with E-state index >= 15 is 0 Å². The molecule has 3 aromatic heterocycles. The van der Waals surface area contributed by atoms with Gasteiger partial charge in [0.15, 0.2) is 0 Å². The van der Waals surface area contributed by atoms with E-state index in [-0.39, 0.29) is 6.10 Å². The molecule has 1 saturated heterocycles. The Balaban J connectivity index is 1.44. The summed E-state index contributed by atoms with van der Waals surface area (Å²) in [5.74, 6) is 0.636. The Labute approximate surface area is 151 Å². The molecule has 0 spiro atoms. The SMILES string of the molecule is CN[C@H]1C[C@@H](Oc2nc(-c3cnn(C4CCOC4)c3)cn3nccc23)C1. The highest BCUT2D eigenvalue weighted by atomic mass is 16.5. The highest BCUT2D eigenvalue weighted by Crippen LogP contribution is 2.30. The van der Waals surface area contributed by atoms with Gasteiger partial charge < -0.3 is 14.8 Å². The molecule has 1 N–H and O–H groups in total. The first kappa shape index (κ1) is 15.8. The minimum Gasteiger partial charge on any atom is -0.473 e. The Morgan fingerprint density at radius 3 is 3.00 bits per heavy atom. The smallest absolute Gasteiger partial charge is 0.240 e. The van der Waals surface area contributed by atoms with E-state index in [1.807, 2.05) is 40.9 Å². The van der Waals surface area contributed by atoms with Gasteiger partial charge in [-0.1, -0.05) is 0 Å². The number of hydrogen-bond acceptors (Lipinski definition) is 6. The molecule has 3 aromatic rings. The van der Waals surface area contributed by atoms with Crippen LogP contribution < -0.4 is 10.1 Å². The number of fused-ring (bicyclic) bond motifs is 1. The molecule has 2 fully saturated rings. The van der Waals surface area contributed by atoms with E-state index in [1.54, 1.807) is 6.20 Å². The van der Waals surface area contributed by atoms with Gasteiger partial charge in [0.05, 0.1) is 36.9 Å². The van der Waals surface area contributed by atoms with E-state index in [9.17, 15) is 0 Å². The molecule has 0 radical (unpaired) electrons. The molecule has 4 heterocycles. The predicted octanol–water partition coefficient (Wildman–Crippen LogP) is 1.68. The number of ether oxygens (including phenoxy) is 2. The van der Waals surface area contributed by atoms with Crippen LogP contribution in [0.2, 0.25) is 0 Å². The number of hydrogen-bond donors (Lipinski definition) is 1. The van der Waals surface area contributed by atoms with Gasteiger partial charge in [-0.3, -0.25) is 4.68 Å². The van der Waals surface area contributed by atoms with Crippen LogP contribution in [-0.2, 0) is 4.74 Å². The summed E-state index contributed by atoms with van der Waals surface area (Å²) >= 11 is 0. The van der Waals surface area contributed by atoms with Crippen molar-refractivity contribution >= 4 is 5.52 Å². The number of rotatable bonds is 5. The van der Waals surface area contributed by atoms with Crippen molar-refractivity contribution in [1.82, 2.24) is 29.7 Å². The number of nitrogens with zero attached hydrogens (tertiary/aromatic N) is 5. The van der Waals surface area contributed by atoms with Gasteiger partial charge in [0.2, 0.25) is 5.88 Å². The third-order valence-corrected chi connectivity index (χ3v) is 5.31. The van der Waals surface area contributed by atoms with Crippen LogP contribution in [0.25, 0.3) is 16.8 Å². The topological polar surface area (TPSA) is 78.5 Å². The van der Waals surface area contributed by atoms with Crippen LogP contribution in [0.15, 0.2) is 30.9 Å². The summed E-state index contributed by atoms with van der Waals surface area (Å²) < 4.78 is 15.4. The van der Waals surface area contributed by atoms with Crippen LogP contribution in [0.1, 0.15) is 25.3 Å². The van der Waals surface area contributed by atoms with Crippen molar-refractivity contribution in [2.24, 2.45) is 0 Å². The maximum absolute atomic E-state index is 6.16. The lowest BCUT2D eigenvalue weighted by atomic mass is 9.89. The molecular weight excluding hydrogens is 332 g/mol. The summed E-state index contributed by atoms with van der Waals surface area (Å²) in [7, 11) is 1.99. The Morgan fingerprint density at radius 1 is 1.27 bits per heavy atom. The zero-order valence-corrected chi connectivity index (χ0v) is 14.7. The molecule has 5 rings (SSSR count). The van der Waals surface area contributed by atoms with Gasteiger partial charge in [-0.2, -0.15) is 10.2 Å². The van der Waals surface area contributed by atoms with Crippen molar-refractivity contribution < 1.29 is 9.47 Å². The monoisotopic (exact) mass is 354 g/mol. The molecule has 1 aliphatic heterocycles. The average molecular weight is 354 g/mol. The van der Waals surface area contributed by atoms with Crippen molar-refractivity contribution in [2.45, 2.75) is 37.5 Å². The lowest BCUT2D eigenvalue weighted by molar-refractivity contribution is 0.0852. The fourth-order valence-corrected chi connectivity index (χ4v) is 3.58. The van der Waals surface area contributed by atoms with Crippen molar-refractivity contribution in [3.63, 3.8) is 0 Å². The quantitative estimate of drug-likeness (QED) is 0.751. The van der Waals surface area contributed by atoms with E-state index in [4.69, 9.17) is 14.5 Å². The second kappa shape index (κ2) is 6.37. The molecule has 8 heteroatoms. The Hall–Kier alpha value is -2.45. The third-order valence-electron chi connectivity index (χ3n) is 5.31. The van der Waals surface area contributed by atoms with Crippen LogP contribution in [0.5, 0.6) is 5.88 Å². The van der Waals surface area contributed by atoms with Gasteiger partial charge in [-0.25, -0.2) is 9.50 Å². The van der Waals surface area contributed by atoms with Crippen molar-refractivity contribution in [3.05, 3.63) is 30.9 Å². The molecule has 1 aliphatic carbocycles. The maximum Gasteiger partial charge on any atom is 0.240 e. The molecular formula is C18H22N6O2. The predicted molar refractivity (Wildman–Crippen MR) is 95.2 cm³/mol. The zero-order chi connectivity index (χ0) is 17.5. The van der Waals surface area contributed by atoms with E-state index in [0.29, 0.717) is 18.0 Å². The summed E-state index contributed by atoms with van der Waals surface area (Å²) in [4.78, 5) is 4.77. The summed E-state index contributed by atoms with van der Waals surface area (Å²) in [6.07, 6.45) is 10.8. The molecule has 26 heavy (non-hydrogen) atoms. The molecule has 0 amide bonds. The highest BCUT2D eigenvalue weighted by Gasteiger charge is 2.30. The molecule has 0 aromatic carbocycles. The maximum atomic E-state index is 6.16. The minimum absolute atomic E-state index is 0.201. The fraction of sp³-hybridized carbons (Fsp3) is 0.500. The standard InChI is InChI=1S/C18H22N6O2/c1-19-13-6-15(7-13)26-18-17-2-4-20-24(17)10-16(22-18)12-8-21-23(9-12)14-3-5-25-11-14/h2,4,8-10,13-15,19H,3,5-7,11H2,1H3/t13-,14?,15+. The highest BCUT2D eigenvalue weighted by molar-refractivity contribution is 5.63. The first-order valence-electron chi connectivity index (χ1n) is 9.11. The first-order chi connectivity index (χ1) is 12.8. The van der Waals surface area contributed by atoms with E-state index in [0.717, 1.165) is 49.3 Å². The Bertz CT molecular complexity index is 907. The lowest BCUT2D eigenvalue weighted by Crippen LogP contribution is -2.45. The molecule has 8 nitrogen and oxygen atoms in total. The largest absolute Gasteiger partial charge is 0.473 e. The third kappa shape index (κ3) is 2.75. The molecule has 1 saturated carbocycles. The van der Waals surface area contributed by atoms with E-state index in [1.165, 1.54) is 0 Å². The van der Waals surface area contributed by atoms with Crippen LogP contribution in [-0.4, -0.2) is 56.8 Å². The summed E-state index contributed by atoms with van der Waals surface area (Å²) in [5, 5.41) is 12.1. The summed E-state index contributed by atoms with van der Waals surface area (Å²) in [6, 6.07) is 2.77. The number of nitrogens with one attached hydrogen (secondary N) is 1. The Kier molecular flexibility index (Phi) is 3.86. The zero-order valence-electron chi connectivity index (χ0n) is 14.7. The molecule has 1 atom stereocenters. The second-order valence-electron chi connectivity index (χ2n) is 7.02. The number of aromatic nitrogens is 5. The van der Waals surface area contributed by atoms with Gasteiger partial charge in [0.1, 0.15) is 11.6 Å². The van der Waals surface area contributed by atoms with Crippen LogP contribution in [0, 0.1) is 0 Å². The van der Waals surface area contributed by atoms with E-state index < -0.39 is 0 Å². The van der Waals surface area contributed by atoms with Gasteiger partial charge >= 0.3 is 0 Å². The van der Waals surface area contributed by atoms with Gasteiger partial charge in [-0.15, -0.1) is 0 Å². The lowest BCUT2D eigenvalue weighted by Gasteiger charge is -2.34. The van der Waals surface area contributed by atoms with Crippen molar-refractivity contribution in [2.75, 3.05) is 20.3 Å². The van der Waals surface area contributed by atoms with E-state index in [2.05, 4.69) is 15.5 Å². The molecule has 2 aliphatic rings. The average Bonchev–Trinajstić information content (AvgIpc) is 3.37. The fourth-order valence-electron chi connectivity index (χ4n) is 3.58. The van der Waals surface area contributed by atoms with Crippen molar-refractivity contribution in [3.8, 4) is 17.1 Å². The van der Waals surface area contributed by atoms with Gasteiger partial charge in [0, 0.05) is 24.4 Å². The summed E-state index contributed by atoms with van der Waals surface area (Å²) in [6.45, 7) is 1.51. The van der Waals surface area contributed by atoms with Gasteiger partial charge in [0.25, 0.3) is 0 Å². The van der Waals surface area contributed by atoms with Crippen LogP contribution in [0.3, 0.4) is 0 Å². The van der Waals surface area contributed by atoms with Crippen LogP contribution >= 0.6 is 0 Å². The second-order valence-corrected chi connectivity index (χ2v) is 7.02. The van der Waals surface area contributed by atoms with Gasteiger partial charge in [-0.05, 0) is 32.4 Å². The first-order valence-corrected chi connectivity index (χ1v) is 9.11. The summed E-state index contributed by atoms with van der Waals surface area (Å²) in [5.41, 5.74) is 2.66. The Morgan fingerprint density at radius 2 is 2.19 bits per heavy atom. The van der Waals surface area contributed by atoms with Crippen molar-refractivity contribution in [1.29, 1.82) is 0 Å². The molecule has 0 bridgehead atoms. The minimum atomic E-state index is 0.201. The normalized spacial score (nSPS) is 25.5. The molecule has 136 valence electrons. The molecule has 1 unspecified atom stereocenters. The van der Waals surface area contributed by atoms with Crippen LogP contribution in [0.4, 0.5) is 0 Å².